The fourth-order valence-electron chi connectivity index (χ4n) is 3.55. The number of amides is 2. The maximum Gasteiger partial charge on any atom is 0.410 e. The SMILES string of the molecule is CC(C)(C)OC(=O)N1CCCC1C(=O)NC1CCc2ccccc21. The first-order valence-corrected chi connectivity index (χ1v) is 8.73. The number of nitrogens with zero attached hydrogens (tertiary/aromatic N) is 1. The molecule has 2 unspecified atom stereocenters. The van der Waals surface area contributed by atoms with Crippen molar-refractivity contribution in [2.45, 2.75) is 64.1 Å². The smallest absolute Gasteiger partial charge is 0.410 e. The average Bonchev–Trinajstić information content (AvgIpc) is 3.13. The summed E-state index contributed by atoms with van der Waals surface area (Å²) < 4.78 is 5.44. The number of carbonyl (C=O) groups is 2. The largest absolute Gasteiger partial charge is 0.444 e. The highest BCUT2D eigenvalue weighted by molar-refractivity contribution is 5.86. The van der Waals surface area contributed by atoms with Crippen LogP contribution in [0.15, 0.2) is 24.3 Å². The van der Waals surface area contributed by atoms with Gasteiger partial charge in [-0.1, -0.05) is 24.3 Å². The van der Waals surface area contributed by atoms with Gasteiger partial charge in [-0.25, -0.2) is 4.79 Å². The molecule has 3 rings (SSSR count). The van der Waals surface area contributed by atoms with E-state index in [0.29, 0.717) is 13.0 Å². The number of aryl methyl sites for hydroxylation is 1. The lowest BCUT2D eigenvalue weighted by Crippen LogP contribution is -2.48. The maximum absolute atomic E-state index is 12.7. The van der Waals surface area contributed by atoms with Gasteiger partial charge in [-0.05, 0) is 57.6 Å². The van der Waals surface area contributed by atoms with Crippen molar-refractivity contribution in [1.29, 1.82) is 0 Å². The molecule has 0 spiro atoms. The Balaban J connectivity index is 1.65. The molecule has 24 heavy (non-hydrogen) atoms. The van der Waals surface area contributed by atoms with Crippen LogP contribution in [0.25, 0.3) is 0 Å². The van der Waals surface area contributed by atoms with Gasteiger partial charge in [-0.2, -0.15) is 0 Å². The van der Waals surface area contributed by atoms with Crippen LogP contribution in [0.4, 0.5) is 4.79 Å². The lowest BCUT2D eigenvalue weighted by Gasteiger charge is -2.28. The highest BCUT2D eigenvalue weighted by atomic mass is 16.6. The number of benzene rings is 1. The van der Waals surface area contributed by atoms with Crippen LogP contribution in [-0.2, 0) is 16.0 Å². The zero-order valence-corrected chi connectivity index (χ0v) is 14.7. The molecule has 1 aliphatic carbocycles. The minimum absolute atomic E-state index is 0.0507. The van der Waals surface area contributed by atoms with E-state index in [1.807, 2.05) is 32.9 Å². The Morgan fingerprint density at radius 1 is 1.21 bits per heavy atom. The first-order chi connectivity index (χ1) is 11.3. The van der Waals surface area contributed by atoms with Gasteiger partial charge in [0.15, 0.2) is 0 Å². The van der Waals surface area contributed by atoms with Gasteiger partial charge in [-0.3, -0.25) is 9.69 Å². The standard InChI is InChI=1S/C19H26N2O3/c1-19(2,3)24-18(23)21-12-6-9-16(21)17(22)20-15-11-10-13-7-4-5-8-14(13)15/h4-5,7-8,15-16H,6,9-12H2,1-3H3,(H,20,22). The fourth-order valence-corrected chi connectivity index (χ4v) is 3.55. The molecule has 0 saturated carbocycles. The van der Waals surface area contributed by atoms with E-state index in [4.69, 9.17) is 4.74 Å². The topological polar surface area (TPSA) is 58.6 Å². The van der Waals surface area contributed by atoms with Gasteiger partial charge in [0, 0.05) is 6.54 Å². The molecule has 1 aliphatic heterocycles. The third kappa shape index (κ3) is 3.55. The number of carbonyl (C=O) groups excluding carboxylic acids is 2. The number of nitrogens with one attached hydrogen (secondary N) is 1. The Hall–Kier alpha value is -2.04. The Morgan fingerprint density at radius 3 is 2.71 bits per heavy atom. The highest BCUT2D eigenvalue weighted by Gasteiger charge is 2.37. The first kappa shape index (κ1) is 16.8. The Kier molecular flexibility index (Phi) is 4.52. The van der Waals surface area contributed by atoms with E-state index in [2.05, 4.69) is 17.4 Å². The third-order valence-electron chi connectivity index (χ3n) is 4.63. The van der Waals surface area contributed by atoms with Crippen molar-refractivity contribution in [3.05, 3.63) is 35.4 Å². The van der Waals surface area contributed by atoms with Crippen molar-refractivity contribution < 1.29 is 14.3 Å². The molecular weight excluding hydrogens is 304 g/mol. The molecule has 2 aliphatic rings. The number of likely N-dealkylation sites (tertiary alicyclic amines) is 1. The summed E-state index contributed by atoms with van der Waals surface area (Å²) in [6.45, 7) is 6.09. The summed E-state index contributed by atoms with van der Waals surface area (Å²) >= 11 is 0. The number of ether oxygens (including phenoxy) is 1. The molecule has 1 fully saturated rings. The Bertz CT molecular complexity index is 636. The van der Waals surface area contributed by atoms with E-state index in [9.17, 15) is 9.59 Å². The van der Waals surface area contributed by atoms with Crippen LogP contribution < -0.4 is 5.32 Å². The molecule has 5 nitrogen and oxygen atoms in total. The molecule has 0 aromatic heterocycles. The lowest BCUT2D eigenvalue weighted by atomic mass is 10.1. The summed E-state index contributed by atoms with van der Waals surface area (Å²) in [4.78, 5) is 26.6. The number of fused-ring (bicyclic) bond motifs is 1. The van der Waals surface area contributed by atoms with Crippen molar-refractivity contribution >= 4 is 12.0 Å². The summed E-state index contributed by atoms with van der Waals surface area (Å²) in [7, 11) is 0. The molecule has 1 heterocycles. The van der Waals surface area contributed by atoms with Gasteiger partial charge in [0.2, 0.25) is 5.91 Å². The summed E-state index contributed by atoms with van der Waals surface area (Å²) in [5, 5.41) is 3.14. The van der Waals surface area contributed by atoms with Gasteiger partial charge in [0.05, 0.1) is 6.04 Å². The summed E-state index contributed by atoms with van der Waals surface area (Å²) in [5.41, 5.74) is 1.95. The third-order valence-corrected chi connectivity index (χ3v) is 4.63. The molecule has 5 heteroatoms. The molecule has 0 radical (unpaired) electrons. The van der Waals surface area contributed by atoms with E-state index >= 15 is 0 Å². The minimum atomic E-state index is -0.551. The van der Waals surface area contributed by atoms with Crippen molar-refractivity contribution in [3.8, 4) is 0 Å². The Morgan fingerprint density at radius 2 is 1.96 bits per heavy atom. The second-order valence-corrected chi connectivity index (χ2v) is 7.63. The fraction of sp³-hybridized carbons (Fsp3) is 0.579. The van der Waals surface area contributed by atoms with Gasteiger partial charge >= 0.3 is 6.09 Å². The van der Waals surface area contributed by atoms with E-state index in [-0.39, 0.29) is 11.9 Å². The van der Waals surface area contributed by atoms with Gasteiger partial charge in [-0.15, -0.1) is 0 Å². The summed E-state index contributed by atoms with van der Waals surface area (Å²) in [5.74, 6) is -0.0694. The second-order valence-electron chi connectivity index (χ2n) is 7.63. The molecule has 1 aromatic carbocycles. The normalized spacial score (nSPS) is 23.0. The second kappa shape index (κ2) is 6.46. The van der Waals surface area contributed by atoms with Crippen LogP contribution in [0.5, 0.6) is 0 Å². The van der Waals surface area contributed by atoms with Crippen LogP contribution >= 0.6 is 0 Å². The van der Waals surface area contributed by atoms with Crippen molar-refractivity contribution in [1.82, 2.24) is 10.2 Å². The monoisotopic (exact) mass is 330 g/mol. The van der Waals surface area contributed by atoms with Crippen LogP contribution in [0.2, 0.25) is 0 Å². The molecule has 1 aromatic rings. The Labute approximate surface area is 143 Å². The summed E-state index contributed by atoms with van der Waals surface area (Å²) in [6, 6.07) is 7.86. The molecule has 0 bridgehead atoms. The number of rotatable bonds is 2. The molecule has 1 N–H and O–H groups in total. The number of hydrogen-bond donors (Lipinski definition) is 1. The average molecular weight is 330 g/mol. The lowest BCUT2D eigenvalue weighted by molar-refractivity contribution is -0.126. The van der Waals surface area contributed by atoms with Crippen molar-refractivity contribution in [3.63, 3.8) is 0 Å². The first-order valence-electron chi connectivity index (χ1n) is 8.73. The highest BCUT2D eigenvalue weighted by Crippen LogP contribution is 2.31. The molecule has 130 valence electrons. The van der Waals surface area contributed by atoms with E-state index in [1.165, 1.54) is 11.1 Å². The van der Waals surface area contributed by atoms with E-state index < -0.39 is 17.7 Å². The molecular formula is C19H26N2O3. The predicted molar refractivity (Wildman–Crippen MR) is 91.6 cm³/mol. The van der Waals surface area contributed by atoms with Crippen LogP contribution in [0.1, 0.15) is 57.2 Å². The van der Waals surface area contributed by atoms with E-state index in [0.717, 1.165) is 19.3 Å². The van der Waals surface area contributed by atoms with Crippen molar-refractivity contribution in [2.24, 2.45) is 0 Å². The minimum Gasteiger partial charge on any atom is -0.444 e. The zero-order valence-electron chi connectivity index (χ0n) is 14.7. The van der Waals surface area contributed by atoms with Crippen LogP contribution in [0.3, 0.4) is 0 Å². The molecule has 2 amide bonds. The zero-order chi connectivity index (χ0) is 17.3. The van der Waals surface area contributed by atoms with Crippen molar-refractivity contribution in [2.75, 3.05) is 6.54 Å². The van der Waals surface area contributed by atoms with Crippen LogP contribution in [-0.4, -0.2) is 35.1 Å². The summed E-state index contributed by atoms with van der Waals surface area (Å²) in [6.07, 6.45) is 3.04. The maximum atomic E-state index is 12.7. The van der Waals surface area contributed by atoms with Gasteiger partial charge < -0.3 is 10.1 Å². The van der Waals surface area contributed by atoms with Gasteiger partial charge in [0.25, 0.3) is 0 Å². The number of hydrogen-bond acceptors (Lipinski definition) is 3. The van der Waals surface area contributed by atoms with Gasteiger partial charge in [0.1, 0.15) is 11.6 Å². The predicted octanol–water partition coefficient (Wildman–Crippen LogP) is 3.19. The van der Waals surface area contributed by atoms with Crippen LogP contribution in [0, 0.1) is 0 Å². The van der Waals surface area contributed by atoms with E-state index in [1.54, 1.807) is 4.90 Å². The molecule has 2 atom stereocenters. The molecule has 1 saturated heterocycles. The quantitative estimate of drug-likeness (QED) is 0.906.